The topological polar surface area (TPSA) is 63.6 Å². The Balaban J connectivity index is 1.51. The lowest BCUT2D eigenvalue weighted by molar-refractivity contribution is -0.151. The molecule has 0 aromatic heterocycles. The largest absolute Gasteiger partial charge is 0.456 e. The van der Waals surface area contributed by atoms with Gasteiger partial charge in [0.05, 0.1) is 18.1 Å². The minimum Gasteiger partial charge on any atom is -0.456 e. The van der Waals surface area contributed by atoms with E-state index in [1.54, 1.807) is 6.92 Å². The first-order valence-electron chi connectivity index (χ1n) is 11.9. The number of aliphatic hydroxyl groups excluding tert-OH is 1. The zero-order valence-electron chi connectivity index (χ0n) is 18.5. The van der Waals surface area contributed by atoms with Gasteiger partial charge in [0.1, 0.15) is 0 Å². The molecule has 5 aliphatic rings. The molecule has 0 radical (unpaired) electrons. The van der Waals surface area contributed by atoms with Gasteiger partial charge in [0.2, 0.25) is 0 Å². The lowest BCUT2D eigenvalue weighted by Gasteiger charge is -2.65. The van der Waals surface area contributed by atoms with E-state index in [9.17, 15) is 14.7 Å². The minimum absolute atomic E-state index is 0.0205. The number of esters is 1. The Morgan fingerprint density at radius 3 is 2.67 bits per heavy atom. The molecule has 0 heterocycles. The zero-order chi connectivity index (χ0) is 21.3. The third kappa shape index (κ3) is 2.45. The number of fused-ring (bicyclic) bond motifs is 7. The second-order valence-corrected chi connectivity index (χ2v) is 10.9. The lowest BCUT2D eigenvalue weighted by Crippen LogP contribution is -2.62. The van der Waals surface area contributed by atoms with Gasteiger partial charge in [-0.1, -0.05) is 25.3 Å². The number of carbonyl (C=O) groups is 2. The van der Waals surface area contributed by atoms with Crippen molar-refractivity contribution >= 4 is 11.8 Å². The molecule has 5 aliphatic carbocycles. The quantitative estimate of drug-likeness (QED) is 0.402. The van der Waals surface area contributed by atoms with Gasteiger partial charge in [-0.3, -0.25) is 4.79 Å². The Morgan fingerprint density at radius 1 is 1.17 bits per heavy atom. The highest BCUT2D eigenvalue weighted by Crippen LogP contribution is 2.71. The standard InChI is InChI=1S/C26H34O4/c1-4-30-23(29)11-14-26-13-10-20(26)25(3)16(15-22(26)28)5-6-17-18-7-8-21(27)24(18,2)12-9-19(17)25/h15,17-21,27H,4-10,12-13H2,1-3H3/t17-,18-,19-,20?,21+,24-,25-,26?/m0/s1. The van der Waals surface area contributed by atoms with E-state index < -0.39 is 11.4 Å². The second-order valence-electron chi connectivity index (χ2n) is 10.9. The van der Waals surface area contributed by atoms with Crippen LogP contribution in [0.5, 0.6) is 0 Å². The fourth-order valence-corrected chi connectivity index (χ4v) is 8.46. The average molecular weight is 411 g/mol. The van der Waals surface area contributed by atoms with Gasteiger partial charge in [0.15, 0.2) is 5.78 Å². The highest BCUT2D eigenvalue weighted by Gasteiger charge is 2.67. The summed E-state index contributed by atoms with van der Waals surface area (Å²) >= 11 is 0. The number of rotatable bonds is 1. The molecule has 8 atom stereocenters. The Hall–Kier alpha value is -1.60. The molecule has 4 nitrogen and oxygen atoms in total. The number of aliphatic hydroxyl groups is 1. The summed E-state index contributed by atoms with van der Waals surface area (Å²) in [6.07, 6.45) is 9.88. The van der Waals surface area contributed by atoms with Crippen molar-refractivity contribution < 1.29 is 19.4 Å². The predicted octanol–water partition coefficient (Wildman–Crippen LogP) is 4.06. The summed E-state index contributed by atoms with van der Waals surface area (Å²) in [6.45, 7) is 6.77. The van der Waals surface area contributed by atoms with Crippen LogP contribution in [-0.2, 0) is 14.3 Å². The highest BCUT2D eigenvalue weighted by molar-refractivity contribution is 6.01. The molecule has 162 valence electrons. The molecule has 0 bridgehead atoms. The van der Waals surface area contributed by atoms with E-state index in [2.05, 4.69) is 25.7 Å². The molecule has 2 unspecified atom stereocenters. The van der Waals surface area contributed by atoms with E-state index >= 15 is 0 Å². The third-order valence-electron chi connectivity index (χ3n) is 10.2. The van der Waals surface area contributed by atoms with Gasteiger partial charge in [-0.15, -0.1) is 0 Å². The summed E-state index contributed by atoms with van der Waals surface area (Å²) < 4.78 is 5.00. The van der Waals surface area contributed by atoms with Crippen LogP contribution in [0, 0.1) is 51.8 Å². The van der Waals surface area contributed by atoms with Crippen LogP contribution in [0.25, 0.3) is 0 Å². The lowest BCUT2D eigenvalue weighted by atomic mass is 9.37. The van der Waals surface area contributed by atoms with Gasteiger partial charge in [-0.2, -0.15) is 0 Å². The van der Waals surface area contributed by atoms with Crippen LogP contribution in [0.4, 0.5) is 0 Å². The monoisotopic (exact) mass is 410 g/mol. The Morgan fingerprint density at radius 2 is 1.97 bits per heavy atom. The van der Waals surface area contributed by atoms with E-state index in [0.29, 0.717) is 24.4 Å². The average Bonchev–Trinajstić information content (AvgIpc) is 2.98. The zero-order valence-corrected chi connectivity index (χ0v) is 18.5. The van der Waals surface area contributed by atoms with Crippen molar-refractivity contribution in [2.75, 3.05) is 6.61 Å². The molecule has 0 spiro atoms. The highest BCUT2D eigenvalue weighted by atomic mass is 16.5. The first-order valence-corrected chi connectivity index (χ1v) is 11.9. The maximum Gasteiger partial charge on any atom is 0.384 e. The van der Waals surface area contributed by atoms with E-state index in [1.807, 2.05) is 6.08 Å². The molecule has 0 aromatic carbocycles. The van der Waals surface area contributed by atoms with Crippen LogP contribution in [0.2, 0.25) is 0 Å². The second kappa shape index (κ2) is 6.70. The molecular formula is C26H34O4. The third-order valence-corrected chi connectivity index (χ3v) is 10.2. The summed E-state index contributed by atoms with van der Waals surface area (Å²) in [5, 5.41) is 10.7. The van der Waals surface area contributed by atoms with Crippen LogP contribution >= 0.6 is 0 Å². The SMILES string of the molecule is CCOC(=O)C#CC12CCC1[C@@]1(C)C(=CC2=O)CC[C@H]2[C@@H]3CC[C@@H](O)[C@@]3(C)CC[C@@H]21. The smallest absolute Gasteiger partial charge is 0.384 e. The van der Waals surface area contributed by atoms with Crippen LogP contribution in [0.1, 0.15) is 72.1 Å². The number of carbonyl (C=O) groups excluding carboxylic acids is 2. The van der Waals surface area contributed by atoms with E-state index in [4.69, 9.17) is 4.74 Å². The van der Waals surface area contributed by atoms with E-state index in [0.717, 1.165) is 51.4 Å². The van der Waals surface area contributed by atoms with E-state index in [-0.39, 0.29) is 28.6 Å². The molecule has 0 amide bonds. The van der Waals surface area contributed by atoms with Crippen molar-refractivity contribution in [3.8, 4) is 11.8 Å². The molecule has 1 N–H and O–H groups in total. The van der Waals surface area contributed by atoms with Crippen LogP contribution in [0.15, 0.2) is 11.6 Å². The maximum absolute atomic E-state index is 13.2. The normalized spacial score (nSPS) is 48.6. The van der Waals surface area contributed by atoms with Gasteiger partial charge in [-0.05, 0) is 98.9 Å². The first kappa shape index (κ1) is 20.3. The van der Waals surface area contributed by atoms with Crippen molar-refractivity contribution in [3.05, 3.63) is 11.6 Å². The number of hydrogen-bond acceptors (Lipinski definition) is 4. The fourth-order valence-electron chi connectivity index (χ4n) is 8.46. The van der Waals surface area contributed by atoms with Crippen molar-refractivity contribution in [2.45, 2.75) is 78.2 Å². The summed E-state index contributed by atoms with van der Waals surface area (Å²) in [5.74, 6) is 7.30. The van der Waals surface area contributed by atoms with Crippen molar-refractivity contribution in [2.24, 2.45) is 39.9 Å². The Bertz CT molecular complexity index is 877. The van der Waals surface area contributed by atoms with Gasteiger partial charge in [0.25, 0.3) is 0 Å². The molecule has 5 rings (SSSR count). The fraction of sp³-hybridized carbons (Fsp3) is 0.769. The van der Waals surface area contributed by atoms with Crippen LogP contribution in [0.3, 0.4) is 0 Å². The number of ether oxygens (including phenoxy) is 1. The molecule has 4 fully saturated rings. The molecule has 0 aromatic rings. The summed E-state index contributed by atoms with van der Waals surface area (Å²) in [6, 6.07) is 0. The summed E-state index contributed by atoms with van der Waals surface area (Å²) in [4.78, 5) is 25.1. The van der Waals surface area contributed by atoms with Crippen LogP contribution < -0.4 is 0 Å². The van der Waals surface area contributed by atoms with Crippen molar-refractivity contribution in [1.29, 1.82) is 0 Å². The van der Waals surface area contributed by atoms with Gasteiger partial charge >= 0.3 is 5.97 Å². The molecule has 0 saturated heterocycles. The van der Waals surface area contributed by atoms with Crippen LogP contribution in [-0.4, -0.2) is 29.6 Å². The molecule has 4 heteroatoms. The van der Waals surface area contributed by atoms with Crippen molar-refractivity contribution in [1.82, 2.24) is 0 Å². The first-order chi connectivity index (χ1) is 14.3. The van der Waals surface area contributed by atoms with Gasteiger partial charge < -0.3 is 9.84 Å². The maximum atomic E-state index is 13.2. The Labute approximate surface area is 179 Å². The number of ketones is 1. The van der Waals surface area contributed by atoms with Crippen molar-refractivity contribution in [3.63, 3.8) is 0 Å². The molecule has 30 heavy (non-hydrogen) atoms. The minimum atomic E-state index is -0.706. The van der Waals surface area contributed by atoms with Gasteiger partial charge in [-0.25, -0.2) is 4.79 Å². The molecule has 0 aliphatic heterocycles. The number of allylic oxidation sites excluding steroid dienone is 1. The van der Waals surface area contributed by atoms with Gasteiger partial charge in [0, 0.05) is 5.92 Å². The predicted molar refractivity (Wildman–Crippen MR) is 113 cm³/mol. The molecule has 4 saturated carbocycles. The molecular weight excluding hydrogens is 376 g/mol. The number of hydrogen-bond donors (Lipinski definition) is 1. The summed E-state index contributed by atoms with van der Waals surface area (Å²) in [5.41, 5.74) is 0.661. The summed E-state index contributed by atoms with van der Waals surface area (Å²) in [7, 11) is 0. The van der Waals surface area contributed by atoms with E-state index in [1.165, 1.54) is 5.57 Å². The Kier molecular flexibility index (Phi) is 4.53.